The van der Waals surface area contributed by atoms with E-state index in [9.17, 15) is 9.18 Å². The number of rotatable bonds is 5. The van der Waals surface area contributed by atoms with Gasteiger partial charge in [-0.2, -0.15) is 5.10 Å². The Morgan fingerprint density at radius 1 is 1.40 bits per heavy atom. The van der Waals surface area contributed by atoms with Crippen LogP contribution in [0.1, 0.15) is 5.56 Å². The van der Waals surface area contributed by atoms with Gasteiger partial charge in [0, 0.05) is 29.7 Å². The summed E-state index contributed by atoms with van der Waals surface area (Å²) in [5.74, 6) is -0.423. The fourth-order valence-corrected chi connectivity index (χ4v) is 1.89. The highest BCUT2D eigenvalue weighted by molar-refractivity contribution is 6.30. The van der Waals surface area contributed by atoms with Gasteiger partial charge in [0.2, 0.25) is 0 Å². The molecule has 0 aliphatic rings. The van der Waals surface area contributed by atoms with E-state index in [0.29, 0.717) is 29.4 Å². The molecule has 20 heavy (non-hydrogen) atoms. The van der Waals surface area contributed by atoms with Crippen LogP contribution in [0.5, 0.6) is 0 Å². The Morgan fingerprint density at radius 3 is 2.90 bits per heavy atom. The number of anilines is 1. The molecule has 0 saturated carbocycles. The first-order valence-corrected chi connectivity index (χ1v) is 6.43. The lowest BCUT2D eigenvalue weighted by molar-refractivity contribution is 0.572. The molecule has 7 heteroatoms. The Balaban J connectivity index is 2.21. The normalized spacial score (nSPS) is 10.6. The van der Waals surface area contributed by atoms with E-state index in [0.717, 1.165) is 0 Å². The van der Waals surface area contributed by atoms with Gasteiger partial charge in [0.1, 0.15) is 5.82 Å². The number of hydrogen-bond donors (Lipinski definition) is 2. The van der Waals surface area contributed by atoms with E-state index >= 15 is 0 Å². The van der Waals surface area contributed by atoms with Crippen molar-refractivity contribution in [3.8, 4) is 0 Å². The molecule has 0 bridgehead atoms. The van der Waals surface area contributed by atoms with E-state index in [1.807, 2.05) is 0 Å². The van der Waals surface area contributed by atoms with Crippen molar-refractivity contribution >= 4 is 17.3 Å². The van der Waals surface area contributed by atoms with Crippen LogP contribution in [0.4, 0.5) is 10.1 Å². The largest absolute Gasteiger partial charge is 0.382 e. The monoisotopic (exact) mass is 296 g/mol. The van der Waals surface area contributed by atoms with Gasteiger partial charge in [-0.15, -0.1) is 0 Å². The zero-order chi connectivity index (χ0) is 14.5. The maximum Gasteiger partial charge on any atom is 0.269 e. The molecule has 2 aromatic rings. The van der Waals surface area contributed by atoms with Gasteiger partial charge in [0.25, 0.3) is 5.56 Å². The van der Waals surface area contributed by atoms with E-state index in [2.05, 4.69) is 10.4 Å². The quantitative estimate of drug-likeness (QED) is 0.876. The lowest BCUT2D eigenvalue weighted by atomic mass is 10.2. The summed E-state index contributed by atoms with van der Waals surface area (Å²) in [5, 5.41) is 7.35. The third kappa shape index (κ3) is 3.55. The number of benzene rings is 1. The van der Waals surface area contributed by atoms with Crippen molar-refractivity contribution < 1.29 is 4.39 Å². The molecule has 0 saturated heterocycles. The van der Waals surface area contributed by atoms with Gasteiger partial charge in [-0.1, -0.05) is 11.6 Å². The molecule has 0 amide bonds. The maximum absolute atomic E-state index is 13.6. The molecule has 0 fully saturated rings. The molecule has 0 unspecified atom stereocenters. The van der Waals surface area contributed by atoms with Crippen molar-refractivity contribution in [2.45, 2.75) is 6.54 Å². The second-order valence-corrected chi connectivity index (χ2v) is 4.63. The highest BCUT2D eigenvalue weighted by atomic mass is 35.5. The smallest absolute Gasteiger partial charge is 0.269 e. The van der Waals surface area contributed by atoms with Crippen LogP contribution in [0.15, 0.2) is 35.3 Å². The Bertz CT molecular complexity index is 659. The van der Waals surface area contributed by atoms with Crippen molar-refractivity contribution in [2.75, 3.05) is 18.4 Å². The van der Waals surface area contributed by atoms with Crippen LogP contribution in [-0.2, 0) is 6.54 Å². The molecule has 1 aromatic carbocycles. The van der Waals surface area contributed by atoms with Crippen LogP contribution >= 0.6 is 11.6 Å². The molecule has 0 atom stereocenters. The molecule has 1 aromatic heterocycles. The number of nitrogens with zero attached hydrogens (tertiary/aromatic N) is 2. The topological polar surface area (TPSA) is 72.9 Å². The van der Waals surface area contributed by atoms with Gasteiger partial charge >= 0.3 is 0 Å². The summed E-state index contributed by atoms with van der Waals surface area (Å²) in [5.41, 5.74) is 5.93. The van der Waals surface area contributed by atoms with E-state index in [-0.39, 0.29) is 12.1 Å². The first-order chi connectivity index (χ1) is 9.60. The number of aromatic nitrogens is 2. The fraction of sp³-hybridized carbons (Fsp3) is 0.231. The van der Waals surface area contributed by atoms with Crippen LogP contribution in [0, 0.1) is 5.82 Å². The van der Waals surface area contributed by atoms with Gasteiger partial charge in [-0.3, -0.25) is 4.79 Å². The van der Waals surface area contributed by atoms with Crippen LogP contribution in [0.2, 0.25) is 5.02 Å². The van der Waals surface area contributed by atoms with E-state index in [4.69, 9.17) is 17.3 Å². The lowest BCUT2D eigenvalue weighted by Gasteiger charge is -2.08. The summed E-state index contributed by atoms with van der Waals surface area (Å²) in [6.07, 6.45) is 1.50. The van der Waals surface area contributed by atoms with Crippen molar-refractivity contribution in [1.29, 1.82) is 0 Å². The second-order valence-electron chi connectivity index (χ2n) is 4.19. The standard InChI is InChI=1S/C13H14ClFN4O/c14-10-1-2-12(15)9(5-10)8-19-13(20)6-11(7-18-19)17-4-3-16/h1-2,5-7,17H,3-4,8,16H2. The molecular weight excluding hydrogens is 283 g/mol. The highest BCUT2D eigenvalue weighted by Crippen LogP contribution is 2.15. The molecule has 1 heterocycles. The average Bonchev–Trinajstić information content (AvgIpc) is 2.43. The van der Waals surface area contributed by atoms with Gasteiger partial charge in [0.15, 0.2) is 0 Å². The van der Waals surface area contributed by atoms with E-state index in [1.165, 1.54) is 35.1 Å². The zero-order valence-electron chi connectivity index (χ0n) is 10.6. The minimum Gasteiger partial charge on any atom is -0.382 e. The first-order valence-electron chi connectivity index (χ1n) is 6.05. The number of halogens is 2. The molecular formula is C13H14ClFN4O. The summed E-state index contributed by atoms with van der Waals surface area (Å²) in [6.45, 7) is 1.03. The second kappa shape index (κ2) is 6.49. The third-order valence-corrected chi connectivity index (χ3v) is 2.91. The predicted molar refractivity (Wildman–Crippen MR) is 76.6 cm³/mol. The van der Waals surface area contributed by atoms with Crippen LogP contribution in [0.3, 0.4) is 0 Å². The van der Waals surface area contributed by atoms with Crippen LogP contribution in [-0.4, -0.2) is 22.9 Å². The van der Waals surface area contributed by atoms with Crippen molar-refractivity contribution in [2.24, 2.45) is 5.73 Å². The number of hydrogen-bond acceptors (Lipinski definition) is 4. The molecule has 2 rings (SSSR count). The van der Waals surface area contributed by atoms with E-state index in [1.54, 1.807) is 0 Å². The Kier molecular flexibility index (Phi) is 4.70. The summed E-state index contributed by atoms with van der Waals surface area (Å²) in [6, 6.07) is 5.59. The Hall–Kier alpha value is -1.92. The fourth-order valence-electron chi connectivity index (χ4n) is 1.69. The van der Waals surface area contributed by atoms with Crippen molar-refractivity contribution in [3.05, 3.63) is 57.2 Å². The predicted octanol–water partition coefficient (Wildman–Crippen LogP) is 1.45. The molecule has 0 aliphatic heterocycles. The average molecular weight is 297 g/mol. The minimum atomic E-state index is -0.423. The number of nitrogens with one attached hydrogen (secondary N) is 1. The SMILES string of the molecule is NCCNc1cnn(Cc2cc(Cl)ccc2F)c(=O)c1. The summed E-state index contributed by atoms with van der Waals surface area (Å²) in [7, 11) is 0. The highest BCUT2D eigenvalue weighted by Gasteiger charge is 2.06. The lowest BCUT2D eigenvalue weighted by Crippen LogP contribution is -2.24. The van der Waals surface area contributed by atoms with Gasteiger partial charge in [-0.05, 0) is 18.2 Å². The molecule has 3 N–H and O–H groups in total. The first kappa shape index (κ1) is 14.5. The van der Waals surface area contributed by atoms with Crippen molar-refractivity contribution in [3.63, 3.8) is 0 Å². The Labute approximate surface area is 120 Å². The molecule has 5 nitrogen and oxygen atoms in total. The summed E-state index contributed by atoms with van der Waals surface area (Å²) >= 11 is 5.81. The van der Waals surface area contributed by atoms with Crippen molar-refractivity contribution in [1.82, 2.24) is 9.78 Å². The Morgan fingerprint density at radius 2 is 2.20 bits per heavy atom. The van der Waals surface area contributed by atoms with E-state index < -0.39 is 5.82 Å². The van der Waals surface area contributed by atoms with Gasteiger partial charge in [-0.25, -0.2) is 9.07 Å². The van der Waals surface area contributed by atoms with Crippen LogP contribution in [0.25, 0.3) is 0 Å². The van der Waals surface area contributed by atoms with Gasteiger partial charge < -0.3 is 11.1 Å². The number of nitrogens with two attached hydrogens (primary N) is 1. The molecule has 0 aliphatic carbocycles. The molecule has 0 radical (unpaired) electrons. The van der Waals surface area contributed by atoms with Crippen LogP contribution < -0.4 is 16.6 Å². The molecule has 0 spiro atoms. The maximum atomic E-state index is 13.6. The minimum absolute atomic E-state index is 0.0302. The van der Waals surface area contributed by atoms with Gasteiger partial charge in [0.05, 0.1) is 18.4 Å². The summed E-state index contributed by atoms with van der Waals surface area (Å²) < 4.78 is 14.8. The summed E-state index contributed by atoms with van der Waals surface area (Å²) in [4.78, 5) is 11.9. The molecule has 106 valence electrons. The third-order valence-electron chi connectivity index (χ3n) is 2.67. The zero-order valence-corrected chi connectivity index (χ0v) is 11.4.